The molecule has 0 aromatic rings. The van der Waals surface area contributed by atoms with Crippen LogP contribution in [0.15, 0.2) is 0 Å². The van der Waals surface area contributed by atoms with E-state index in [-0.39, 0.29) is 11.0 Å². The van der Waals surface area contributed by atoms with Gasteiger partial charge < -0.3 is 9.53 Å². The molecule has 0 saturated heterocycles. The van der Waals surface area contributed by atoms with E-state index in [0.29, 0.717) is 0 Å². The van der Waals surface area contributed by atoms with Crippen molar-refractivity contribution in [3.05, 3.63) is 0 Å². The van der Waals surface area contributed by atoms with Crippen LogP contribution < -0.4 is 0 Å². The maximum absolute atomic E-state index is 10.8. The van der Waals surface area contributed by atoms with Gasteiger partial charge in [0.25, 0.3) is 0 Å². The lowest BCUT2D eigenvalue weighted by molar-refractivity contribution is -0.119. The Morgan fingerprint density at radius 2 is 1.83 bits per heavy atom. The van der Waals surface area contributed by atoms with Gasteiger partial charge in [-0.3, -0.25) is 0 Å². The fraction of sp³-hybridized carbons (Fsp3) is 0.900. The molecular formula is C10H20O2. The number of rotatable bonds is 5. The van der Waals surface area contributed by atoms with Crippen LogP contribution in [-0.4, -0.2) is 19.0 Å². The summed E-state index contributed by atoms with van der Waals surface area (Å²) in [4.78, 5) is 10.8. The van der Waals surface area contributed by atoms with E-state index in [1.165, 1.54) is 0 Å². The van der Waals surface area contributed by atoms with Gasteiger partial charge in [0.2, 0.25) is 0 Å². The molecular weight excluding hydrogens is 152 g/mol. The van der Waals surface area contributed by atoms with Gasteiger partial charge in [-0.2, -0.15) is 0 Å². The van der Waals surface area contributed by atoms with Gasteiger partial charge in [-0.15, -0.1) is 0 Å². The zero-order chi connectivity index (χ0) is 9.83. The molecule has 0 aliphatic rings. The Kier molecular flexibility index (Phi) is 3.91. The smallest absolute Gasteiger partial charge is 0.125 e. The molecule has 2 heteroatoms. The Morgan fingerprint density at radius 3 is 2.08 bits per heavy atom. The van der Waals surface area contributed by atoms with Crippen molar-refractivity contribution in [3.63, 3.8) is 0 Å². The minimum Gasteiger partial charge on any atom is -0.379 e. The maximum atomic E-state index is 10.8. The van der Waals surface area contributed by atoms with Crippen LogP contribution in [0.25, 0.3) is 0 Å². The summed E-state index contributed by atoms with van der Waals surface area (Å²) in [5.74, 6) is 0. The van der Waals surface area contributed by atoms with Crippen molar-refractivity contribution in [2.75, 3.05) is 7.11 Å². The van der Waals surface area contributed by atoms with Gasteiger partial charge in [-0.25, -0.2) is 0 Å². The lowest BCUT2D eigenvalue weighted by Gasteiger charge is -2.31. The summed E-state index contributed by atoms with van der Waals surface area (Å²) in [5, 5.41) is 0. The fourth-order valence-corrected chi connectivity index (χ4v) is 1.29. The molecule has 0 heterocycles. The third-order valence-electron chi connectivity index (χ3n) is 2.47. The molecule has 72 valence electrons. The van der Waals surface area contributed by atoms with Crippen LogP contribution in [0.5, 0.6) is 0 Å². The summed E-state index contributed by atoms with van der Waals surface area (Å²) in [7, 11) is 1.68. The van der Waals surface area contributed by atoms with E-state index in [4.69, 9.17) is 4.74 Å². The van der Waals surface area contributed by atoms with E-state index in [0.717, 1.165) is 19.1 Å². The summed E-state index contributed by atoms with van der Waals surface area (Å²) in [5.41, 5.74) is -0.439. The maximum Gasteiger partial charge on any atom is 0.125 e. The van der Waals surface area contributed by atoms with Crippen molar-refractivity contribution in [1.29, 1.82) is 0 Å². The molecule has 0 aliphatic carbocycles. The number of hydrogen-bond acceptors (Lipinski definition) is 2. The zero-order valence-corrected chi connectivity index (χ0v) is 8.81. The Labute approximate surface area is 75.3 Å². The number of hydrogen-bond donors (Lipinski definition) is 0. The molecule has 12 heavy (non-hydrogen) atoms. The van der Waals surface area contributed by atoms with Crippen LogP contribution in [0, 0.1) is 5.41 Å². The molecule has 0 aromatic carbocycles. The van der Waals surface area contributed by atoms with Crippen LogP contribution in [-0.2, 0) is 9.53 Å². The monoisotopic (exact) mass is 172 g/mol. The van der Waals surface area contributed by atoms with Crippen LogP contribution in [0.3, 0.4) is 0 Å². The molecule has 0 rings (SSSR count). The summed E-state index contributed by atoms with van der Waals surface area (Å²) in [6.07, 6.45) is 2.67. The molecule has 0 fully saturated rings. The van der Waals surface area contributed by atoms with Gasteiger partial charge in [-0.1, -0.05) is 13.8 Å². The van der Waals surface area contributed by atoms with Crippen LogP contribution in [0.2, 0.25) is 0 Å². The Hall–Kier alpha value is -0.370. The lowest BCUT2D eigenvalue weighted by Crippen LogP contribution is -2.32. The van der Waals surface area contributed by atoms with Gasteiger partial charge in [-0.05, 0) is 26.7 Å². The topological polar surface area (TPSA) is 26.3 Å². The minimum atomic E-state index is -0.237. The van der Waals surface area contributed by atoms with Crippen molar-refractivity contribution in [2.24, 2.45) is 5.41 Å². The van der Waals surface area contributed by atoms with E-state index >= 15 is 0 Å². The van der Waals surface area contributed by atoms with E-state index < -0.39 is 0 Å². The SMILES string of the molecule is CCC(C)(C=O)CC(C)(C)OC. The number of carbonyl (C=O) groups excluding carboxylic acids is 1. The second-order valence-corrected chi connectivity index (χ2v) is 4.27. The normalized spacial score (nSPS) is 17.1. The van der Waals surface area contributed by atoms with Gasteiger partial charge in [0, 0.05) is 12.5 Å². The predicted octanol–water partition coefficient (Wildman–Crippen LogP) is 2.42. The molecule has 0 radical (unpaired) electrons. The zero-order valence-electron chi connectivity index (χ0n) is 8.81. The van der Waals surface area contributed by atoms with E-state index in [2.05, 4.69) is 0 Å². The Morgan fingerprint density at radius 1 is 1.33 bits per heavy atom. The van der Waals surface area contributed by atoms with Crippen molar-refractivity contribution in [1.82, 2.24) is 0 Å². The largest absolute Gasteiger partial charge is 0.379 e. The Bertz CT molecular complexity index is 152. The van der Waals surface area contributed by atoms with Crippen molar-refractivity contribution in [3.8, 4) is 0 Å². The second kappa shape index (κ2) is 4.04. The molecule has 2 nitrogen and oxygen atoms in total. The standard InChI is InChI=1S/C10H20O2/c1-6-10(4,8-11)7-9(2,3)12-5/h8H,6-7H2,1-5H3. The molecule has 0 aromatic heterocycles. The first-order valence-electron chi connectivity index (χ1n) is 4.40. The van der Waals surface area contributed by atoms with Gasteiger partial charge in [0.05, 0.1) is 5.60 Å². The quantitative estimate of drug-likeness (QED) is 0.595. The van der Waals surface area contributed by atoms with Crippen LogP contribution in [0.1, 0.15) is 40.5 Å². The van der Waals surface area contributed by atoms with Gasteiger partial charge in [0.15, 0.2) is 0 Å². The highest BCUT2D eigenvalue weighted by Crippen LogP contribution is 2.30. The fourth-order valence-electron chi connectivity index (χ4n) is 1.29. The highest BCUT2D eigenvalue weighted by molar-refractivity contribution is 5.58. The van der Waals surface area contributed by atoms with E-state index in [9.17, 15) is 4.79 Å². The molecule has 1 unspecified atom stereocenters. The third kappa shape index (κ3) is 3.35. The first-order valence-corrected chi connectivity index (χ1v) is 4.40. The van der Waals surface area contributed by atoms with Gasteiger partial charge in [0.1, 0.15) is 6.29 Å². The lowest BCUT2D eigenvalue weighted by atomic mass is 9.79. The summed E-state index contributed by atoms with van der Waals surface area (Å²) < 4.78 is 5.28. The highest BCUT2D eigenvalue weighted by atomic mass is 16.5. The summed E-state index contributed by atoms with van der Waals surface area (Å²) in [6, 6.07) is 0. The van der Waals surface area contributed by atoms with Crippen LogP contribution in [0.4, 0.5) is 0 Å². The van der Waals surface area contributed by atoms with Crippen molar-refractivity contribution in [2.45, 2.75) is 46.1 Å². The summed E-state index contributed by atoms with van der Waals surface area (Å²) >= 11 is 0. The average molecular weight is 172 g/mol. The number of carbonyl (C=O) groups is 1. The predicted molar refractivity (Wildman–Crippen MR) is 50.2 cm³/mol. The molecule has 0 N–H and O–H groups in total. The third-order valence-corrected chi connectivity index (χ3v) is 2.47. The van der Waals surface area contributed by atoms with E-state index in [1.807, 2.05) is 27.7 Å². The molecule has 0 spiro atoms. The second-order valence-electron chi connectivity index (χ2n) is 4.27. The molecule has 0 saturated carbocycles. The molecule has 0 amide bonds. The van der Waals surface area contributed by atoms with E-state index in [1.54, 1.807) is 7.11 Å². The molecule has 0 aliphatic heterocycles. The molecule has 1 atom stereocenters. The Balaban J connectivity index is 4.29. The number of methoxy groups -OCH3 is 1. The highest BCUT2D eigenvalue weighted by Gasteiger charge is 2.30. The first-order chi connectivity index (χ1) is 5.39. The average Bonchev–Trinajstić information content (AvgIpc) is 2.04. The summed E-state index contributed by atoms with van der Waals surface area (Å²) in [6.45, 7) is 8.01. The van der Waals surface area contributed by atoms with Gasteiger partial charge >= 0.3 is 0 Å². The molecule has 0 bridgehead atoms. The van der Waals surface area contributed by atoms with Crippen LogP contribution >= 0.6 is 0 Å². The number of ether oxygens (including phenoxy) is 1. The number of aldehydes is 1. The first kappa shape index (κ1) is 11.6. The van der Waals surface area contributed by atoms with Crippen molar-refractivity contribution < 1.29 is 9.53 Å². The minimum absolute atomic E-state index is 0.203. The van der Waals surface area contributed by atoms with Crippen molar-refractivity contribution >= 4 is 6.29 Å².